The first-order valence-corrected chi connectivity index (χ1v) is 4.50. The standard InChI is InChI=1S/C8H8BrNO4/c1-13-5-14-8-3-2-6(10(11)12)4-7(8)9/h2-4H,5H2,1H3. The Bertz CT molecular complexity index is 342. The van der Waals surface area contributed by atoms with Crippen molar-refractivity contribution in [3.05, 3.63) is 32.8 Å². The molecule has 0 aliphatic rings. The second kappa shape index (κ2) is 4.92. The molecule has 0 N–H and O–H groups in total. The highest BCUT2D eigenvalue weighted by atomic mass is 79.9. The van der Waals surface area contributed by atoms with Gasteiger partial charge in [-0.3, -0.25) is 10.1 Å². The van der Waals surface area contributed by atoms with Crippen molar-refractivity contribution in [1.29, 1.82) is 0 Å². The Hall–Kier alpha value is -1.14. The van der Waals surface area contributed by atoms with Crippen LogP contribution < -0.4 is 4.74 Å². The van der Waals surface area contributed by atoms with Gasteiger partial charge in [-0.05, 0) is 22.0 Å². The molecule has 0 heterocycles. The average molecular weight is 262 g/mol. The predicted molar refractivity (Wildman–Crippen MR) is 53.3 cm³/mol. The first-order chi connectivity index (χ1) is 6.65. The minimum Gasteiger partial charge on any atom is -0.466 e. The third-order valence-corrected chi connectivity index (χ3v) is 2.08. The maximum absolute atomic E-state index is 10.4. The van der Waals surface area contributed by atoms with Crippen LogP contribution in [0.2, 0.25) is 0 Å². The second-order valence-electron chi connectivity index (χ2n) is 2.42. The van der Waals surface area contributed by atoms with Gasteiger partial charge in [0.2, 0.25) is 0 Å². The van der Waals surface area contributed by atoms with Gasteiger partial charge in [0.25, 0.3) is 5.69 Å². The Morgan fingerprint density at radius 2 is 2.29 bits per heavy atom. The monoisotopic (exact) mass is 261 g/mol. The number of non-ortho nitro benzene ring substituents is 1. The van der Waals surface area contributed by atoms with Gasteiger partial charge in [-0.15, -0.1) is 0 Å². The van der Waals surface area contributed by atoms with Crippen LogP contribution in [0.5, 0.6) is 5.75 Å². The van der Waals surface area contributed by atoms with Crippen LogP contribution in [0, 0.1) is 10.1 Å². The fourth-order valence-electron chi connectivity index (χ4n) is 0.843. The smallest absolute Gasteiger partial charge is 0.270 e. The molecule has 6 heteroatoms. The molecule has 0 aliphatic carbocycles. The van der Waals surface area contributed by atoms with Crippen molar-refractivity contribution in [2.45, 2.75) is 0 Å². The van der Waals surface area contributed by atoms with Crippen LogP contribution in [0.1, 0.15) is 0 Å². The van der Waals surface area contributed by atoms with E-state index in [9.17, 15) is 10.1 Å². The minimum absolute atomic E-state index is 0.0154. The molecule has 5 nitrogen and oxygen atoms in total. The van der Waals surface area contributed by atoms with Gasteiger partial charge >= 0.3 is 0 Å². The summed E-state index contributed by atoms with van der Waals surface area (Å²) < 4.78 is 10.4. The van der Waals surface area contributed by atoms with Crippen molar-refractivity contribution in [1.82, 2.24) is 0 Å². The molecular weight excluding hydrogens is 254 g/mol. The summed E-state index contributed by atoms with van der Waals surface area (Å²) in [4.78, 5) is 9.93. The summed E-state index contributed by atoms with van der Waals surface area (Å²) in [5.41, 5.74) is 0.0154. The Morgan fingerprint density at radius 1 is 1.57 bits per heavy atom. The van der Waals surface area contributed by atoms with Crippen LogP contribution in [-0.4, -0.2) is 18.8 Å². The highest BCUT2D eigenvalue weighted by Gasteiger charge is 2.09. The first kappa shape index (κ1) is 10.9. The molecule has 0 amide bonds. The summed E-state index contributed by atoms with van der Waals surface area (Å²) in [5, 5.41) is 10.4. The lowest BCUT2D eigenvalue weighted by molar-refractivity contribution is -0.385. The Balaban J connectivity index is 2.84. The molecule has 0 saturated heterocycles. The van der Waals surface area contributed by atoms with Crippen LogP contribution in [0.3, 0.4) is 0 Å². The third-order valence-electron chi connectivity index (χ3n) is 1.46. The van der Waals surface area contributed by atoms with Crippen molar-refractivity contribution < 1.29 is 14.4 Å². The molecule has 1 rings (SSSR count). The second-order valence-corrected chi connectivity index (χ2v) is 3.28. The van der Waals surface area contributed by atoms with Gasteiger partial charge in [0, 0.05) is 19.2 Å². The van der Waals surface area contributed by atoms with E-state index < -0.39 is 4.92 Å². The van der Waals surface area contributed by atoms with E-state index in [0.29, 0.717) is 10.2 Å². The molecule has 0 saturated carbocycles. The molecule has 0 aromatic heterocycles. The zero-order chi connectivity index (χ0) is 10.6. The third kappa shape index (κ3) is 2.68. The molecule has 14 heavy (non-hydrogen) atoms. The number of nitro groups is 1. The topological polar surface area (TPSA) is 61.6 Å². The zero-order valence-electron chi connectivity index (χ0n) is 7.40. The van der Waals surface area contributed by atoms with Gasteiger partial charge in [-0.2, -0.15) is 0 Å². The lowest BCUT2D eigenvalue weighted by Gasteiger charge is -2.05. The van der Waals surface area contributed by atoms with Crippen molar-refractivity contribution in [3.63, 3.8) is 0 Å². The maximum atomic E-state index is 10.4. The van der Waals surface area contributed by atoms with Gasteiger partial charge < -0.3 is 9.47 Å². The molecular formula is C8H8BrNO4. The van der Waals surface area contributed by atoms with Gasteiger partial charge in [0.15, 0.2) is 6.79 Å². The van der Waals surface area contributed by atoms with Gasteiger partial charge in [-0.25, -0.2) is 0 Å². The molecule has 0 fully saturated rings. The molecule has 0 spiro atoms. The fraction of sp³-hybridized carbons (Fsp3) is 0.250. The van der Waals surface area contributed by atoms with Crippen LogP contribution in [0.15, 0.2) is 22.7 Å². The summed E-state index contributed by atoms with van der Waals surface area (Å²) in [7, 11) is 1.50. The summed E-state index contributed by atoms with van der Waals surface area (Å²) in [6, 6.07) is 4.27. The van der Waals surface area contributed by atoms with Crippen LogP contribution in [-0.2, 0) is 4.74 Å². The zero-order valence-corrected chi connectivity index (χ0v) is 8.98. The minimum atomic E-state index is -0.467. The molecule has 1 aromatic rings. The normalized spacial score (nSPS) is 9.86. The maximum Gasteiger partial charge on any atom is 0.270 e. The summed E-state index contributed by atoms with van der Waals surface area (Å²) in [5.74, 6) is 0.512. The number of methoxy groups -OCH3 is 1. The van der Waals surface area contributed by atoms with Crippen molar-refractivity contribution in [2.75, 3.05) is 13.9 Å². The number of benzene rings is 1. The largest absolute Gasteiger partial charge is 0.466 e. The summed E-state index contributed by atoms with van der Waals surface area (Å²) in [6.45, 7) is 0.108. The molecule has 76 valence electrons. The number of halogens is 1. The van der Waals surface area contributed by atoms with E-state index in [4.69, 9.17) is 9.47 Å². The number of ether oxygens (including phenoxy) is 2. The van der Waals surface area contributed by atoms with Crippen LogP contribution >= 0.6 is 15.9 Å². The molecule has 0 radical (unpaired) electrons. The van der Waals surface area contributed by atoms with E-state index >= 15 is 0 Å². The fourth-order valence-corrected chi connectivity index (χ4v) is 1.32. The van der Waals surface area contributed by atoms with E-state index in [1.165, 1.54) is 25.3 Å². The Labute approximate surface area is 88.9 Å². The SMILES string of the molecule is COCOc1ccc([N+](=O)[O-])cc1Br. The quantitative estimate of drug-likeness (QED) is 0.474. The lowest BCUT2D eigenvalue weighted by atomic mass is 10.3. The average Bonchev–Trinajstić information content (AvgIpc) is 2.15. The van der Waals surface area contributed by atoms with Crippen molar-refractivity contribution >= 4 is 21.6 Å². The summed E-state index contributed by atoms with van der Waals surface area (Å²) in [6.07, 6.45) is 0. The van der Waals surface area contributed by atoms with E-state index in [2.05, 4.69) is 15.9 Å². The van der Waals surface area contributed by atoms with Crippen LogP contribution in [0.25, 0.3) is 0 Å². The number of nitrogens with zero attached hydrogens (tertiary/aromatic N) is 1. The van der Waals surface area contributed by atoms with E-state index in [1.807, 2.05) is 0 Å². The molecule has 0 unspecified atom stereocenters. The van der Waals surface area contributed by atoms with Gasteiger partial charge in [0.05, 0.1) is 9.40 Å². The van der Waals surface area contributed by atoms with Gasteiger partial charge in [-0.1, -0.05) is 0 Å². The highest BCUT2D eigenvalue weighted by Crippen LogP contribution is 2.28. The van der Waals surface area contributed by atoms with Crippen molar-refractivity contribution in [2.24, 2.45) is 0 Å². The first-order valence-electron chi connectivity index (χ1n) is 3.71. The predicted octanol–water partition coefficient (Wildman–Crippen LogP) is 2.34. The van der Waals surface area contributed by atoms with Gasteiger partial charge in [0.1, 0.15) is 5.75 Å². The summed E-state index contributed by atoms with van der Waals surface area (Å²) >= 11 is 3.16. The molecule has 0 aliphatic heterocycles. The molecule has 1 aromatic carbocycles. The Morgan fingerprint density at radius 3 is 2.79 bits per heavy atom. The lowest BCUT2D eigenvalue weighted by Crippen LogP contribution is -1.99. The number of hydrogen-bond donors (Lipinski definition) is 0. The molecule has 0 atom stereocenters. The molecule has 0 bridgehead atoms. The highest BCUT2D eigenvalue weighted by molar-refractivity contribution is 9.10. The number of hydrogen-bond acceptors (Lipinski definition) is 4. The van der Waals surface area contributed by atoms with Crippen LogP contribution in [0.4, 0.5) is 5.69 Å². The van der Waals surface area contributed by atoms with E-state index in [1.54, 1.807) is 0 Å². The number of nitro benzene ring substituents is 1. The Kier molecular flexibility index (Phi) is 3.84. The van der Waals surface area contributed by atoms with E-state index in [-0.39, 0.29) is 12.5 Å². The van der Waals surface area contributed by atoms with E-state index in [0.717, 1.165) is 0 Å². The van der Waals surface area contributed by atoms with Crippen molar-refractivity contribution in [3.8, 4) is 5.75 Å². The number of rotatable bonds is 4.